The van der Waals surface area contributed by atoms with Gasteiger partial charge in [0.25, 0.3) is 0 Å². The molecule has 1 aliphatic heterocycles. The molecule has 1 saturated carbocycles. The van der Waals surface area contributed by atoms with E-state index in [4.69, 9.17) is 16.3 Å². The number of carbonyl (C=O) groups excluding carboxylic acids is 1. The number of carbonyl (C=O) groups is 1. The van der Waals surface area contributed by atoms with Crippen LogP contribution < -0.4 is 15.6 Å². The van der Waals surface area contributed by atoms with Crippen LogP contribution in [0.4, 0.5) is 11.4 Å². The first-order valence-electron chi connectivity index (χ1n) is 12.2. The largest absolute Gasteiger partial charge is 0.462 e. The number of hydrogen-bond acceptors (Lipinski definition) is 8. The van der Waals surface area contributed by atoms with Crippen molar-refractivity contribution in [2.45, 2.75) is 39.3 Å². The summed E-state index contributed by atoms with van der Waals surface area (Å²) in [6.45, 7) is 9.57. The van der Waals surface area contributed by atoms with Gasteiger partial charge in [-0.25, -0.2) is 9.78 Å². The molecule has 0 atom stereocenters. The van der Waals surface area contributed by atoms with E-state index in [1.807, 2.05) is 6.07 Å². The molecule has 2 aliphatic rings. The number of thiazole rings is 1. The van der Waals surface area contributed by atoms with Gasteiger partial charge in [-0.3, -0.25) is 4.79 Å². The van der Waals surface area contributed by atoms with E-state index in [-0.39, 0.29) is 17.6 Å². The minimum absolute atomic E-state index is 0.0933. The van der Waals surface area contributed by atoms with Crippen LogP contribution in [0.2, 0.25) is 4.47 Å². The second kappa shape index (κ2) is 10.2. The molecule has 1 aliphatic carbocycles. The number of halogens is 1. The zero-order chi connectivity index (χ0) is 24.5. The third kappa shape index (κ3) is 5.03. The number of esters is 1. The Labute approximate surface area is 213 Å². The monoisotopic (exact) mass is 515 g/mol. The number of nitrogens with zero attached hydrogens (tertiary/aromatic N) is 4. The zero-order valence-corrected chi connectivity index (χ0v) is 21.6. The normalized spacial score (nSPS) is 16.6. The van der Waals surface area contributed by atoms with E-state index >= 15 is 0 Å². The van der Waals surface area contributed by atoms with E-state index < -0.39 is 5.97 Å². The quantitative estimate of drug-likeness (QED) is 0.446. The molecule has 2 aromatic heterocycles. The fourth-order valence-electron chi connectivity index (χ4n) is 4.65. The van der Waals surface area contributed by atoms with Crippen molar-refractivity contribution in [3.63, 3.8) is 0 Å². The smallest absolute Gasteiger partial charge is 0.343 e. The maximum atomic E-state index is 13.5. The molecule has 8 nitrogen and oxygen atoms in total. The van der Waals surface area contributed by atoms with Crippen molar-refractivity contribution < 1.29 is 9.53 Å². The Bertz CT molecular complexity index is 1290. The number of likely N-dealkylation sites (N-methyl/N-ethyl adjacent to an activating group) is 1. The molecule has 5 rings (SSSR count). The Morgan fingerprint density at radius 3 is 2.63 bits per heavy atom. The van der Waals surface area contributed by atoms with E-state index in [0.717, 1.165) is 67.3 Å². The number of nitrogens with one attached hydrogen (secondary N) is 1. The van der Waals surface area contributed by atoms with Crippen LogP contribution in [0.3, 0.4) is 0 Å². The molecule has 10 heteroatoms. The number of anilines is 2. The fourth-order valence-corrected chi connectivity index (χ4v) is 5.57. The summed E-state index contributed by atoms with van der Waals surface area (Å²) in [5.41, 5.74) is 2.61. The van der Waals surface area contributed by atoms with Gasteiger partial charge in [0, 0.05) is 54.9 Å². The van der Waals surface area contributed by atoms with Crippen molar-refractivity contribution >= 4 is 51.2 Å². The predicted octanol–water partition coefficient (Wildman–Crippen LogP) is 4.38. The molecule has 35 heavy (non-hydrogen) atoms. The van der Waals surface area contributed by atoms with E-state index in [2.05, 4.69) is 37.7 Å². The summed E-state index contributed by atoms with van der Waals surface area (Å²) < 4.78 is 7.79. The molecule has 0 amide bonds. The minimum Gasteiger partial charge on any atom is -0.462 e. The van der Waals surface area contributed by atoms with Crippen LogP contribution in [-0.2, 0) is 11.3 Å². The van der Waals surface area contributed by atoms with Gasteiger partial charge in [-0.15, -0.1) is 11.3 Å². The van der Waals surface area contributed by atoms with Gasteiger partial charge in [-0.2, -0.15) is 0 Å². The third-order valence-corrected chi connectivity index (χ3v) is 7.84. The highest BCUT2D eigenvalue weighted by molar-refractivity contribution is 7.15. The number of hydrogen-bond donors (Lipinski definition) is 1. The average Bonchev–Trinajstić information content (AvgIpc) is 3.63. The van der Waals surface area contributed by atoms with Crippen LogP contribution in [0, 0.1) is 0 Å². The molecular weight excluding hydrogens is 486 g/mol. The lowest BCUT2D eigenvalue weighted by Crippen LogP contribution is -2.46. The molecule has 0 unspecified atom stereocenters. The highest BCUT2D eigenvalue weighted by atomic mass is 35.5. The van der Waals surface area contributed by atoms with Crippen molar-refractivity contribution in [1.82, 2.24) is 14.5 Å². The predicted molar refractivity (Wildman–Crippen MR) is 141 cm³/mol. The van der Waals surface area contributed by atoms with Crippen LogP contribution in [0.15, 0.2) is 29.3 Å². The molecule has 0 bridgehead atoms. The first-order valence-corrected chi connectivity index (χ1v) is 13.4. The maximum Gasteiger partial charge on any atom is 0.343 e. The minimum atomic E-state index is -0.567. The molecule has 0 spiro atoms. The number of fused-ring (bicyclic) bond motifs is 1. The van der Waals surface area contributed by atoms with Gasteiger partial charge in [-0.05, 0) is 38.4 Å². The summed E-state index contributed by atoms with van der Waals surface area (Å²) in [5, 5.41) is 4.05. The number of pyridine rings is 1. The first kappa shape index (κ1) is 24.1. The van der Waals surface area contributed by atoms with Crippen LogP contribution >= 0.6 is 22.9 Å². The molecular formula is C25H30ClN5O3S. The van der Waals surface area contributed by atoms with Crippen molar-refractivity contribution in [1.29, 1.82) is 0 Å². The fraction of sp³-hybridized carbons (Fsp3) is 0.480. The third-order valence-electron chi connectivity index (χ3n) is 6.72. The lowest BCUT2D eigenvalue weighted by molar-refractivity contribution is 0.0524. The summed E-state index contributed by atoms with van der Waals surface area (Å²) in [4.78, 5) is 36.0. The number of rotatable bonds is 8. The van der Waals surface area contributed by atoms with Crippen molar-refractivity contribution in [2.24, 2.45) is 0 Å². The summed E-state index contributed by atoms with van der Waals surface area (Å²) >= 11 is 7.46. The Kier molecular flexibility index (Phi) is 7.00. The van der Waals surface area contributed by atoms with Crippen molar-refractivity contribution in [2.75, 3.05) is 49.5 Å². The standard InChI is InChI=1S/C25H30ClN5O3S/c1-3-29-7-9-30(10-8-29)22-12-21-18(11-20(22)27-13-17-14-28-25(26)35-17)23(32)19(24(33)34-4-2)15-31(21)16-5-6-16/h11-12,14-16,27H,3-10,13H2,1-2H3. The van der Waals surface area contributed by atoms with Crippen LogP contribution in [0.25, 0.3) is 10.9 Å². The highest BCUT2D eigenvalue weighted by Gasteiger charge is 2.29. The maximum absolute atomic E-state index is 13.5. The Morgan fingerprint density at radius 2 is 2.00 bits per heavy atom. The second-order valence-electron chi connectivity index (χ2n) is 8.97. The molecule has 1 saturated heterocycles. The van der Waals surface area contributed by atoms with Gasteiger partial charge in [0.05, 0.1) is 30.0 Å². The number of ether oxygens (including phenoxy) is 1. The molecule has 186 valence electrons. The van der Waals surface area contributed by atoms with Crippen LogP contribution in [0.1, 0.15) is 48.0 Å². The molecule has 1 N–H and O–H groups in total. The van der Waals surface area contributed by atoms with E-state index in [1.165, 1.54) is 11.3 Å². The lowest BCUT2D eigenvalue weighted by atomic mass is 10.1. The number of piperazine rings is 1. The molecule has 2 fully saturated rings. The molecule has 0 radical (unpaired) electrons. The average molecular weight is 516 g/mol. The lowest BCUT2D eigenvalue weighted by Gasteiger charge is -2.36. The second-order valence-corrected chi connectivity index (χ2v) is 10.7. The van der Waals surface area contributed by atoms with E-state index in [0.29, 0.717) is 22.4 Å². The Morgan fingerprint density at radius 1 is 1.23 bits per heavy atom. The van der Waals surface area contributed by atoms with E-state index in [9.17, 15) is 9.59 Å². The first-order chi connectivity index (χ1) is 17.0. The van der Waals surface area contributed by atoms with Gasteiger partial charge in [-0.1, -0.05) is 18.5 Å². The molecule has 1 aromatic carbocycles. The van der Waals surface area contributed by atoms with Crippen LogP contribution in [-0.4, -0.2) is 59.8 Å². The molecule has 3 heterocycles. The Hall–Kier alpha value is -2.62. The summed E-state index contributed by atoms with van der Waals surface area (Å²) in [7, 11) is 0. The van der Waals surface area contributed by atoms with Gasteiger partial charge < -0.3 is 24.4 Å². The topological polar surface area (TPSA) is 79.7 Å². The molecule has 3 aromatic rings. The number of benzene rings is 1. The highest BCUT2D eigenvalue weighted by Crippen LogP contribution is 2.39. The summed E-state index contributed by atoms with van der Waals surface area (Å²) in [6, 6.07) is 4.33. The van der Waals surface area contributed by atoms with Gasteiger partial charge >= 0.3 is 5.97 Å². The summed E-state index contributed by atoms with van der Waals surface area (Å²) in [5.74, 6) is -0.567. The SMILES string of the molecule is CCOC(=O)c1cn(C2CC2)c2cc(N3CCN(CC)CC3)c(NCc3cnc(Cl)s3)cc2c1=O. The zero-order valence-electron chi connectivity index (χ0n) is 20.1. The van der Waals surface area contributed by atoms with Crippen molar-refractivity contribution in [3.05, 3.63) is 49.7 Å². The Balaban J connectivity index is 1.61. The van der Waals surface area contributed by atoms with Crippen molar-refractivity contribution in [3.8, 4) is 0 Å². The van der Waals surface area contributed by atoms with Gasteiger partial charge in [0.1, 0.15) is 5.56 Å². The summed E-state index contributed by atoms with van der Waals surface area (Å²) in [6.07, 6.45) is 5.54. The number of aromatic nitrogens is 2. The van der Waals surface area contributed by atoms with Gasteiger partial charge in [0.15, 0.2) is 4.47 Å². The van der Waals surface area contributed by atoms with Gasteiger partial charge in [0.2, 0.25) is 5.43 Å². The van der Waals surface area contributed by atoms with E-state index in [1.54, 1.807) is 19.3 Å². The van der Waals surface area contributed by atoms with Crippen LogP contribution in [0.5, 0.6) is 0 Å².